The highest BCUT2D eigenvalue weighted by molar-refractivity contribution is 4.96. The molecule has 1 aliphatic heterocycles. The summed E-state index contributed by atoms with van der Waals surface area (Å²) in [5.41, 5.74) is 0.223. The van der Waals surface area contributed by atoms with Crippen LogP contribution < -0.4 is 5.32 Å². The number of hydrogen-bond donors (Lipinski definition) is 1. The first-order valence-corrected chi connectivity index (χ1v) is 6.26. The number of hydrogen-bond acceptors (Lipinski definition) is 2. The monoisotopic (exact) mass is 216 g/mol. The van der Waals surface area contributed by atoms with Crippen molar-refractivity contribution in [2.45, 2.75) is 51.6 Å². The van der Waals surface area contributed by atoms with Crippen molar-refractivity contribution in [1.29, 1.82) is 0 Å². The van der Waals surface area contributed by atoms with Crippen molar-refractivity contribution in [2.24, 2.45) is 0 Å². The molecule has 0 amide bonds. The van der Waals surface area contributed by atoms with Gasteiger partial charge in [0.05, 0.1) is 0 Å². The Morgan fingerprint density at radius 2 is 2.00 bits per heavy atom. The molecule has 0 aromatic heterocycles. The lowest BCUT2D eigenvalue weighted by Gasteiger charge is -2.47. The minimum absolute atomic E-state index is 0.222. The van der Waals surface area contributed by atoms with E-state index in [-0.39, 0.29) is 12.2 Å². The summed E-state index contributed by atoms with van der Waals surface area (Å²) in [6.45, 7) is 9.01. The molecular weight excluding hydrogens is 191 g/mol. The van der Waals surface area contributed by atoms with Crippen molar-refractivity contribution >= 4 is 0 Å². The van der Waals surface area contributed by atoms with Crippen molar-refractivity contribution in [3.05, 3.63) is 0 Å². The van der Waals surface area contributed by atoms with Crippen LogP contribution >= 0.6 is 0 Å². The highest BCUT2D eigenvalue weighted by Crippen LogP contribution is 2.23. The van der Waals surface area contributed by atoms with Gasteiger partial charge in [0.25, 0.3) is 0 Å². The van der Waals surface area contributed by atoms with E-state index in [4.69, 9.17) is 0 Å². The summed E-state index contributed by atoms with van der Waals surface area (Å²) in [6, 6.07) is 0.520. The van der Waals surface area contributed by atoms with Gasteiger partial charge < -0.3 is 5.32 Å². The van der Waals surface area contributed by atoms with Gasteiger partial charge in [0, 0.05) is 31.2 Å². The van der Waals surface area contributed by atoms with Gasteiger partial charge >= 0.3 is 0 Å². The zero-order valence-electron chi connectivity index (χ0n) is 10.4. The molecule has 0 radical (unpaired) electrons. The summed E-state index contributed by atoms with van der Waals surface area (Å²) in [5.74, 6) is 0. The van der Waals surface area contributed by atoms with E-state index >= 15 is 0 Å². The van der Waals surface area contributed by atoms with Crippen molar-refractivity contribution < 1.29 is 4.39 Å². The van der Waals surface area contributed by atoms with Gasteiger partial charge in [0.2, 0.25) is 0 Å². The zero-order valence-corrected chi connectivity index (χ0v) is 10.4. The van der Waals surface area contributed by atoms with Crippen molar-refractivity contribution in [3.8, 4) is 0 Å². The largest absolute Gasteiger partial charge is 0.308 e. The smallest absolute Gasteiger partial charge is 0.102 e. The fourth-order valence-electron chi connectivity index (χ4n) is 2.53. The molecule has 1 heterocycles. The fraction of sp³-hybridized carbons (Fsp3) is 1.00. The lowest BCUT2D eigenvalue weighted by molar-refractivity contribution is 0.0656. The first-order chi connectivity index (χ1) is 7.21. The molecule has 3 heteroatoms. The molecule has 0 aromatic carbocycles. The predicted molar refractivity (Wildman–Crippen MR) is 62.9 cm³/mol. The van der Waals surface area contributed by atoms with E-state index in [2.05, 4.69) is 31.0 Å². The highest BCUT2D eigenvalue weighted by Gasteiger charge is 2.35. The molecule has 0 saturated carbocycles. The Balaban J connectivity index is 2.63. The maximum atomic E-state index is 12.5. The number of nitrogens with zero attached hydrogens (tertiary/aromatic N) is 1. The second-order valence-electron chi connectivity index (χ2n) is 4.59. The molecule has 0 aliphatic carbocycles. The Morgan fingerprint density at radius 3 is 2.47 bits per heavy atom. The van der Waals surface area contributed by atoms with Gasteiger partial charge in [-0.3, -0.25) is 4.90 Å². The van der Waals surface area contributed by atoms with E-state index < -0.39 is 0 Å². The van der Waals surface area contributed by atoms with Gasteiger partial charge in [-0.05, 0) is 19.3 Å². The molecule has 0 aromatic rings. The number of piperazine rings is 1. The minimum Gasteiger partial charge on any atom is -0.308 e. The lowest BCUT2D eigenvalue weighted by Crippen LogP contribution is -2.63. The van der Waals surface area contributed by atoms with Crippen LogP contribution in [-0.4, -0.2) is 42.8 Å². The summed E-state index contributed by atoms with van der Waals surface area (Å²) >= 11 is 0. The molecule has 1 saturated heterocycles. The molecule has 1 rings (SSSR count). The van der Waals surface area contributed by atoms with Crippen LogP contribution in [0.3, 0.4) is 0 Å². The molecular formula is C12H25FN2. The maximum Gasteiger partial charge on any atom is 0.102 e. The van der Waals surface area contributed by atoms with Crippen LogP contribution in [-0.2, 0) is 0 Å². The van der Waals surface area contributed by atoms with Gasteiger partial charge in [-0.15, -0.1) is 0 Å². The van der Waals surface area contributed by atoms with E-state index in [1.54, 1.807) is 0 Å². The molecule has 1 atom stereocenters. The first kappa shape index (κ1) is 12.9. The van der Waals surface area contributed by atoms with Gasteiger partial charge in [0.1, 0.15) is 6.67 Å². The average Bonchev–Trinajstić information content (AvgIpc) is 2.29. The summed E-state index contributed by atoms with van der Waals surface area (Å²) < 4.78 is 12.5. The Hall–Kier alpha value is -0.150. The SMILES string of the molecule is CCC1CNC(CC)(CC)CN1CCF. The quantitative estimate of drug-likeness (QED) is 0.758. The zero-order chi connectivity index (χ0) is 11.3. The van der Waals surface area contributed by atoms with E-state index in [0.717, 1.165) is 32.4 Å². The molecule has 0 spiro atoms. The second-order valence-corrected chi connectivity index (χ2v) is 4.59. The summed E-state index contributed by atoms with van der Waals surface area (Å²) in [5, 5.41) is 3.66. The lowest BCUT2D eigenvalue weighted by atomic mass is 9.88. The van der Waals surface area contributed by atoms with E-state index in [1.165, 1.54) is 0 Å². The van der Waals surface area contributed by atoms with Gasteiger partial charge in [0.15, 0.2) is 0 Å². The van der Waals surface area contributed by atoms with Crippen LogP contribution in [0, 0.1) is 0 Å². The highest BCUT2D eigenvalue weighted by atomic mass is 19.1. The Morgan fingerprint density at radius 1 is 1.33 bits per heavy atom. The molecule has 1 fully saturated rings. The number of alkyl halides is 1. The third-order valence-electron chi connectivity index (χ3n) is 3.93. The van der Waals surface area contributed by atoms with Crippen LogP contribution in [0.1, 0.15) is 40.0 Å². The van der Waals surface area contributed by atoms with Gasteiger partial charge in [-0.25, -0.2) is 4.39 Å². The van der Waals surface area contributed by atoms with E-state index in [9.17, 15) is 4.39 Å². The fourth-order valence-corrected chi connectivity index (χ4v) is 2.53. The maximum absolute atomic E-state index is 12.5. The van der Waals surface area contributed by atoms with E-state index in [0.29, 0.717) is 12.6 Å². The molecule has 15 heavy (non-hydrogen) atoms. The van der Waals surface area contributed by atoms with Gasteiger partial charge in [-0.2, -0.15) is 0 Å². The number of halogens is 1. The minimum atomic E-state index is -0.222. The molecule has 1 unspecified atom stereocenters. The van der Waals surface area contributed by atoms with Crippen LogP contribution in [0.25, 0.3) is 0 Å². The first-order valence-electron chi connectivity index (χ1n) is 6.26. The Bertz CT molecular complexity index is 180. The molecule has 1 N–H and O–H groups in total. The van der Waals surface area contributed by atoms with Crippen LogP contribution in [0.5, 0.6) is 0 Å². The number of nitrogens with one attached hydrogen (secondary N) is 1. The third kappa shape index (κ3) is 2.91. The third-order valence-corrected chi connectivity index (χ3v) is 3.93. The van der Waals surface area contributed by atoms with Crippen LogP contribution in [0.4, 0.5) is 4.39 Å². The topological polar surface area (TPSA) is 15.3 Å². The molecule has 2 nitrogen and oxygen atoms in total. The van der Waals surface area contributed by atoms with Crippen molar-refractivity contribution in [2.75, 3.05) is 26.3 Å². The molecule has 0 bridgehead atoms. The van der Waals surface area contributed by atoms with E-state index in [1.807, 2.05) is 0 Å². The normalized spacial score (nSPS) is 26.8. The molecule has 1 aliphatic rings. The molecule has 90 valence electrons. The van der Waals surface area contributed by atoms with Crippen LogP contribution in [0.2, 0.25) is 0 Å². The Kier molecular flexibility index (Phi) is 5.00. The summed E-state index contributed by atoms with van der Waals surface area (Å²) in [7, 11) is 0. The summed E-state index contributed by atoms with van der Waals surface area (Å²) in [6.07, 6.45) is 3.36. The average molecular weight is 216 g/mol. The Labute approximate surface area is 93.2 Å². The van der Waals surface area contributed by atoms with Gasteiger partial charge in [-0.1, -0.05) is 20.8 Å². The van der Waals surface area contributed by atoms with Crippen LogP contribution in [0.15, 0.2) is 0 Å². The predicted octanol–water partition coefficient (Wildman–Crippen LogP) is 2.20. The number of rotatable bonds is 5. The van der Waals surface area contributed by atoms with Crippen molar-refractivity contribution in [1.82, 2.24) is 10.2 Å². The second kappa shape index (κ2) is 5.80. The van der Waals surface area contributed by atoms with Crippen molar-refractivity contribution in [3.63, 3.8) is 0 Å². The summed E-state index contributed by atoms with van der Waals surface area (Å²) in [4.78, 5) is 2.32. The standard InChI is InChI=1S/C12H25FN2/c1-4-11-9-14-12(5-2,6-3)10-15(11)8-7-13/h11,14H,4-10H2,1-3H3.